The molecule has 0 amide bonds. The lowest BCUT2D eigenvalue weighted by molar-refractivity contribution is 0.502. The molecule has 96 valence electrons. The number of hydrogen-bond donors (Lipinski definition) is 1. The zero-order valence-corrected chi connectivity index (χ0v) is 11.7. The molecule has 17 heavy (non-hydrogen) atoms. The van der Waals surface area contributed by atoms with Crippen LogP contribution in [0.1, 0.15) is 38.4 Å². The Hall–Kier alpha value is -1.09. The molecule has 1 aromatic rings. The molecule has 0 radical (unpaired) electrons. The molecule has 2 N–H and O–H groups in total. The largest absolute Gasteiger partial charge is 0.357 e. The lowest BCUT2D eigenvalue weighted by Gasteiger charge is -2.27. The zero-order chi connectivity index (χ0) is 13.0. The van der Waals surface area contributed by atoms with Gasteiger partial charge in [-0.25, -0.2) is 4.98 Å². The van der Waals surface area contributed by atoms with Crippen LogP contribution in [0.15, 0.2) is 12.1 Å². The van der Waals surface area contributed by atoms with Crippen LogP contribution in [0.3, 0.4) is 0 Å². The molecule has 0 saturated heterocycles. The number of nitrogens with zero attached hydrogens (tertiary/aromatic N) is 2. The number of anilines is 1. The fourth-order valence-electron chi connectivity index (χ4n) is 2.05. The summed E-state index contributed by atoms with van der Waals surface area (Å²) < 4.78 is 0. The molecule has 0 aliphatic heterocycles. The Bertz CT molecular complexity index is 360. The fourth-order valence-corrected chi connectivity index (χ4v) is 2.05. The van der Waals surface area contributed by atoms with Crippen LogP contribution in [-0.2, 0) is 6.54 Å². The van der Waals surface area contributed by atoms with Crippen molar-refractivity contribution in [3.05, 3.63) is 23.4 Å². The second kappa shape index (κ2) is 6.01. The number of rotatable bonds is 5. The maximum absolute atomic E-state index is 5.65. The molecule has 1 rings (SSSR count). The minimum atomic E-state index is 0.505. The van der Waals surface area contributed by atoms with Gasteiger partial charge in [0.25, 0.3) is 0 Å². The normalized spacial score (nSPS) is 12.9. The van der Waals surface area contributed by atoms with E-state index >= 15 is 0 Å². The second-order valence-electron chi connectivity index (χ2n) is 5.21. The topological polar surface area (TPSA) is 42.2 Å². The highest BCUT2D eigenvalue weighted by Crippen LogP contribution is 2.18. The monoisotopic (exact) mass is 235 g/mol. The van der Waals surface area contributed by atoms with E-state index in [0.717, 1.165) is 17.1 Å². The summed E-state index contributed by atoms with van der Waals surface area (Å²) in [6, 6.07) is 4.65. The highest BCUT2D eigenvalue weighted by Gasteiger charge is 2.13. The van der Waals surface area contributed by atoms with Crippen molar-refractivity contribution in [3.8, 4) is 0 Å². The molecular formula is C14H25N3. The van der Waals surface area contributed by atoms with Gasteiger partial charge < -0.3 is 10.6 Å². The average molecular weight is 235 g/mol. The molecule has 0 aromatic carbocycles. The van der Waals surface area contributed by atoms with Gasteiger partial charge in [0.2, 0.25) is 0 Å². The molecule has 3 heteroatoms. The van der Waals surface area contributed by atoms with Crippen molar-refractivity contribution < 1.29 is 0 Å². The van der Waals surface area contributed by atoms with Gasteiger partial charge in [-0.15, -0.1) is 0 Å². The summed E-state index contributed by atoms with van der Waals surface area (Å²) in [4.78, 5) is 6.86. The number of nitrogens with two attached hydrogens (primary N) is 1. The van der Waals surface area contributed by atoms with Crippen LogP contribution in [0.5, 0.6) is 0 Å². The predicted molar refractivity (Wildman–Crippen MR) is 74.2 cm³/mol. The van der Waals surface area contributed by atoms with E-state index < -0.39 is 0 Å². The van der Waals surface area contributed by atoms with Gasteiger partial charge in [-0.2, -0.15) is 0 Å². The van der Waals surface area contributed by atoms with E-state index in [-0.39, 0.29) is 0 Å². The van der Waals surface area contributed by atoms with Crippen LogP contribution < -0.4 is 10.6 Å². The highest BCUT2D eigenvalue weighted by molar-refractivity contribution is 5.41. The fraction of sp³-hybridized carbons (Fsp3) is 0.643. The van der Waals surface area contributed by atoms with Crippen LogP contribution in [0, 0.1) is 12.8 Å². The van der Waals surface area contributed by atoms with Crippen LogP contribution in [0.4, 0.5) is 5.82 Å². The smallest absolute Gasteiger partial charge is 0.128 e. The third-order valence-electron chi connectivity index (χ3n) is 3.24. The summed E-state index contributed by atoms with van der Waals surface area (Å²) in [5.74, 6) is 1.74. The first-order chi connectivity index (χ1) is 7.95. The summed E-state index contributed by atoms with van der Waals surface area (Å²) in [6.07, 6.45) is 1.18. The number of pyridine rings is 1. The Morgan fingerprint density at radius 1 is 1.29 bits per heavy atom. The molecule has 0 fully saturated rings. The Balaban J connectivity index is 2.82. The van der Waals surface area contributed by atoms with Crippen molar-refractivity contribution in [2.45, 2.75) is 46.7 Å². The molecule has 0 bridgehead atoms. The van der Waals surface area contributed by atoms with Crippen molar-refractivity contribution >= 4 is 5.82 Å². The van der Waals surface area contributed by atoms with Gasteiger partial charge in [0.15, 0.2) is 0 Å². The van der Waals surface area contributed by atoms with E-state index in [1.165, 1.54) is 6.42 Å². The standard InChI is InChI=1S/C14H25N3/c1-10(2)8-11(3)17(5)14-7-6-13(9-15)12(4)16-14/h6-7,10-11H,8-9,15H2,1-5H3. The molecule has 0 saturated carbocycles. The van der Waals surface area contributed by atoms with Crippen LogP contribution in [-0.4, -0.2) is 18.1 Å². The Kier molecular flexibility index (Phi) is 4.94. The molecule has 1 atom stereocenters. The van der Waals surface area contributed by atoms with Crippen molar-refractivity contribution in [1.82, 2.24) is 4.98 Å². The molecule has 1 unspecified atom stereocenters. The molecular weight excluding hydrogens is 210 g/mol. The Labute approximate surface area is 105 Å². The predicted octanol–water partition coefficient (Wildman–Crippen LogP) is 2.72. The summed E-state index contributed by atoms with van der Waals surface area (Å²) >= 11 is 0. The zero-order valence-electron chi connectivity index (χ0n) is 11.7. The first-order valence-electron chi connectivity index (χ1n) is 6.35. The third-order valence-corrected chi connectivity index (χ3v) is 3.24. The summed E-state index contributed by atoms with van der Waals surface area (Å²) in [5, 5.41) is 0. The minimum Gasteiger partial charge on any atom is -0.357 e. The summed E-state index contributed by atoms with van der Waals surface area (Å²) in [5.41, 5.74) is 7.81. The second-order valence-corrected chi connectivity index (χ2v) is 5.21. The lowest BCUT2D eigenvalue weighted by atomic mass is 10.0. The molecule has 3 nitrogen and oxygen atoms in total. The van der Waals surface area contributed by atoms with Crippen molar-refractivity contribution in [3.63, 3.8) is 0 Å². The van der Waals surface area contributed by atoms with E-state index in [2.05, 4.69) is 49.8 Å². The number of hydrogen-bond acceptors (Lipinski definition) is 3. The first kappa shape index (κ1) is 14.0. The quantitative estimate of drug-likeness (QED) is 0.853. The van der Waals surface area contributed by atoms with Crippen molar-refractivity contribution in [2.24, 2.45) is 11.7 Å². The Morgan fingerprint density at radius 2 is 1.94 bits per heavy atom. The molecule has 0 aliphatic carbocycles. The molecule has 0 spiro atoms. The van der Waals surface area contributed by atoms with E-state index in [0.29, 0.717) is 18.5 Å². The van der Waals surface area contributed by atoms with E-state index in [4.69, 9.17) is 5.73 Å². The van der Waals surface area contributed by atoms with Gasteiger partial charge in [-0.3, -0.25) is 0 Å². The lowest BCUT2D eigenvalue weighted by Crippen LogP contribution is -2.31. The first-order valence-corrected chi connectivity index (χ1v) is 6.35. The summed E-state index contributed by atoms with van der Waals surface area (Å²) in [7, 11) is 2.11. The van der Waals surface area contributed by atoms with Gasteiger partial charge >= 0.3 is 0 Å². The SMILES string of the molecule is Cc1nc(N(C)C(C)CC(C)C)ccc1CN. The molecule has 1 aromatic heterocycles. The molecule has 1 heterocycles. The minimum absolute atomic E-state index is 0.505. The Morgan fingerprint density at radius 3 is 2.41 bits per heavy atom. The van der Waals surface area contributed by atoms with Gasteiger partial charge in [0.1, 0.15) is 5.82 Å². The number of aromatic nitrogens is 1. The van der Waals surface area contributed by atoms with Crippen molar-refractivity contribution in [1.29, 1.82) is 0 Å². The molecule has 0 aliphatic rings. The number of aryl methyl sites for hydroxylation is 1. The van der Waals surface area contributed by atoms with E-state index in [9.17, 15) is 0 Å². The van der Waals surface area contributed by atoms with Crippen LogP contribution >= 0.6 is 0 Å². The maximum atomic E-state index is 5.65. The van der Waals surface area contributed by atoms with E-state index in [1.807, 2.05) is 6.92 Å². The maximum Gasteiger partial charge on any atom is 0.128 e. The van der Waals surface area contributed by atoms with Crippen molar-refractivity contribution in [2.75, 3.05) is 11.9 Å². The van der Waals surface area contributed by atoms with E-state index in [1.54, 1.807) is 0 Å². The average Bonchev–Trinajstić information content (AvgIpc) is 2.27. The van der Waals surface area contributed by atoms with Gasteiger partial charge in [0, 0.05) is 25.3 Å². The van der Waals surface area contributed by atoms with Gasteiger partial charge in [-0.05, 0) is 37.8 Å². The van der Waals surface area contributed by atoms with Gasteiger partial charge in [0.05, 0.1) is 0 Å². The van der Waals surface area contributed by atoms with Crippen LogP contribution in [0.25, 0.3) is 0 Å². The summed E-state index contributed by atoms with van der Waals surface area (Å²) in [6.45, 7) is 9.33. The highest BCUT2D eigenvalue weighted by atomic mass is 15.2. The van der Waals surface area contributed by atoms with Crippen LogP contribution in [0.2, 0.25) is 0 Å². The third kappa shape index (κ3) is 3.70. The van der Waals surface area contributed by atoms with Gasteiger partial charge in [-0.1, -0.05) is 19.9 Å².